The highest BCUT2D eigenvalue weighted by Crippen LogP contribution is 2.30. The minimum Gasteiger partial charge on any atom is -0.306 e. The molecule has 0 spiro atoms. The fraction of sp³-hybridized carbons (Fsp3) is 0.450. The lowest BCUT2D eigenvalue weighted by Crippen LogP contribution is -2.36. The molecule has 1 aromatic rings. The van der Waals surface area contributed by atoms with E-state index < -0.39 is 35.7 Å². The van der Waals surface area contributed by atoms with E-state index in [1.54, 1.807) is 12.1 Å². The van der Waals surface area contributed by atoms with Crippen molar-refractivity contribution >= 4 is 17.5 Å². The van der Waals surface area contributed by atoms with Crippen molar-refractivity contribution in [1.29, 1.82) is 0 Å². The van der Waals surface area contributed by atoms with E-state index in [9.17, 15) is 22.8 Å². The first kappa shape index (κ1) is 20.3. The first-order valence-corrected chi connectivity index (χ1v) is 9.34. The summed E-state index contributed by atoms with van der Waals surface area (Å²) in [6.45, 7) is 4.71. The number of likely N-dealkylation sites (tertiary alicyclic amines) is 1. The number of alkyl halides is 1. The molecule has 0 aromatic carbocycles. The van der Waals surface area contributed by atoms with Crippen LogP contribution in [0.15, 0.2) is 41.5 Å². The number of anilines is 1. The van der Waals surface area contributed by atoms with Crippen molar-refractivity contribution in [1.82, 2.24) is 9.88 Å². The van der Waals surface area contributed by atoms with Gasteiger partial charge in [-0.2, -0.15) is 0 Å². The smallest absolute Gasteiger partial charge is 0.262 e. The SMILES string of the molecule is CCN1CCC(C(=O)c2cccc(NC(=O)C3=C(F)CC(F)C=C3F)n2)CC1. The number of nitrogens with zero attached hydrogens (tertiary/aromatic N) is 2. The first-order chi connectivity index (χ1) is 13.4. The fourth-order valence-corrected chi connectivity index (χ4v) is 3.48. The Hall–Kier alpha value is -2.48. The maximum absolute atomic E-state index is 13.8. The van der Waals surface area contributed by atoms with Crippen LogP contribution in [-0.2, 0) is 4.79 Å². The zero-order valence-electron chi connectivity index (χ0n) is 15.6. The number of nitrogens with one attached hydrogen (secondary N) is 1. The minimum atomic E-state index is -1.80. The van der Waals surface area contributed by atoms with Crippen LogP contribution in [0.1, 0.15) is 36.7 Å². The fourth-order valence-electron chi connectivity index (χ4n) is 3.48. The molecule has 2 heterocycles. The van der Waals surface area contributed by atoms with E-state index in [4.69, 9.17) is 0 Å². The molecule has 1 N–H and O–H groups in total. The Kier molecular flexibility index (Phi) is 6.28. The average molecular weight is 393 g/mol. The number of aromatic nitrogens is 1. The Morgan fingerprint density at radius 3 is 2.61 bits per heavy atom. The van der Waals surface area contributed by atoms with E-state index in [0.29, 0.717) is 6.08 Å². The Morgan fingerprint density at radius 2 is 1.96 bits per heavy atom. The van der Waals surface area contributed by atoms with E-state index >= 15 is 0 Å². The van der Waals surface area contributed by atoms with Crippen LogP contribution < -0.4 is 5.32 Å². The lowest BCUT2D eigenvalue weighted by Gasteiger charge is -2.30. The molecule has 1 amide bonds. The summed E-state index contributed by atoms with van der Waals surface area (Å²) in [5.74, 6) is -3.70. The van der Waals surface area contributed by atoms with Crippen molar-refractivity contribution in [2.75, 3.05) is 25.0 Å². The Bertz CT molecular complexity index is 830. The van der Waals surface area contributed by atoms with Gasteiger partial charge in [-0.3, -0.25) is 9.59 Å². The van der Waals surface area contributed by atoms with E-state index in [-0.39, 0.29) is 23.2 Å². The lowest BCUT2D eigenvalue weighted by atomic mass is 9.91. The van der Waals surface area contributed by atoms with Gasteiger partial charge >= 0.3 is 0 Å². The van der Waals surface area contributed by atoms with Gasteiger partial charge in [0.15, 0.2) is 5.78 Å². The highest BCUT2D eigenvalue weighted by molar-refractivity contribution is 6.07. The van der Waals surface area contributed by atoms with Crippen molar-refractivity contribution in [3.05, 3.63) is 47.2 Å². The number of carbonyl (C=O) groups is 2. The molecule has 1 atom stereocenters. The third-order valence-corrected chi connectivity index (χ3v) is 5.09. The van der Waals surface area contributed by atoms with Gasteiger partial charge in [-0.1, -0.05) is 13.0 Å². The first-order valence-electron chi connectivity index (χ1n) is 9.34. The van der Waals surface area contributed by atoms with Gasteiger partial charge in [0.1, 0.15) is 34.9 Å². The van der Waals surface area contributed by atoms with Gasteiger partial charge in [0, 0.05) is 12.3 Å². The predicted molar refractivity (Wildman–Crippen MR) is 98.9 cm³/mol. The number of rotatable bonds is 5. The number of allylic oxidation sites excluding steroid dienone is 2. The van der Waals surface area contributed by atoms with E-state index in [1.165, 1.54) is 6.07 Å². The van der Waals surface area contributed by atoms with Crippen molar-refractivity contribution in [2.45, 2.75) is 32.4 Å². The standard InChI is InChI=1S/C20H22F3N3O2/c1-2-26-8-6-12(7-9-26)19(27)16-4-3-5-17(24-16)25-20(28)18-14(22)10-13(21)11-15(18)23/h3-5,10,12-13H,2,6-9,11H2,1H3,(H,24,25,28). The molecule has 1 fully saturated rings. The normalized spacial score (nSPS) is 21.4. The second-order valence-corrected chi connectivity index (χ2v) is 6.95. The number of hydrogen-bond acceptors (Lipinski definition) is 4. The largest absolute Gasteiger partial charge is 0.306 e. The predicted octanol–water partition coefficient (Wildman–Crippen LogP) is 3.75. The van der Waals surface area contributed by atoms with Crippen LogP contribution in [0.3, 0.4) is 0 Å². The molecule has 8 heteroatoms. The van der Waals surface area contributed by atoms with Gasteiger partial charge in [-0.15, -0.1) is 0 Å². The number of Topliss-reactive ketones (excluding diaryl/α,β-unsaturated/α-hetero) is 1. The molecule has 1 unspecified atom stereocenters. The Balaban J connectivity index is 1.70. The summed E-state index contributed by atoms with van der Waals surface area (Å²) >= 11 is 0. The van der Waals surface area contributed by atoms with Gasteiger partial charge in [0.05, 0.1) is 0 Å². The number of carbonyl (C=O) groups excluding carboxylic acids is 2. The van der Waals surface area contributed by atoms with E-state index in [1.807, 2.05) is 0 Å². The summed E-state index contributed by atoms with van der Waals surface area (Å²) in [6, 6.07) is 4.53. The molecule has 1 aliphatic heterocycles. The molecular weight excluding hydrogens is 371 g/mol. The zero-order chi connectivity index (χ0) is 20.3. The Morgan fingerprint density at radius 1 is 1.25 bits per heavy atom. The van der Waals surface area contributed by atoms with Crippen LogP contribution >= 0.6 is 0 Å². The summed E-state index contributed by atoms with van der Waals surface area (Å²) in [5, 5.41) is 2.29. The highest BCUT2D eigenvalue weighted by Gasteiger charge is 2.29. The molecule has 0 bridgehead atoms. The molecule has 3 rings (SSSR count). The Labute approximate surface area is 161 Å². The van der Waals surface area contributed by atoms with Gasteiger partial charge in [-0.05, 0) is 50.7 Å². The lowest BCUT2D eigenvalue weighted by molar-refractivity contribution is -0.112. The molecule has 28 heavy (non-hydrogen) atoms. The number of amides is 1. The van der Waals surface area contributed by atoms with Crippen LogP contribution in [0.4, 0.5) is 19.0 Å². The number of pyridine rings is 1. The van der Waals surface area contributed by atoms with Crippen LogP contribution in [0.2, 0.25) is 0 Å². The molecule has 1 aliphatic carbocycles. The molecule has 150 valence electrons. The summed E-state index contributed by atoms with van der Waals surface area (Å²) in [7, 11) is 0. The molecule has 0 saturated carbocycles. The topological polar surface area (TPSA) is 62.3 Å². The molecule has 0 radical (unpaired) electrons. The molecule has 2 aliphatic rings. The second kappa shape index (κ2) is 8.68. The zero-order valence-corrected chi connectivity index (χ0v) is 15.6. The monoisotopic (exact) mass is 393 g/mol. The third kappa shape index (κ3) is 4.49. The van der Waals surface area contributed by atoms with Crippen molar-refractivity contribution in [3.8, 4) is 0 Å². The molecule has 1 saturated heterocycles. The summed E-state index contributed by atoms with van der Waals surface area (Å²) < 4.78 is 40.8. The highest BCUT2D eigenvalue weighted by atomic mass is 19.2. The minimum absolute atomic E-state index is 0.0114. The summed E-state index contributed by atoms with van der Waals surface area (Å²) in [6.07, 6.45) is -0.436. The van der Waals surface area contributed by atoms with E-state index in [2.05, 4.69) is 22.1 Å². The van der Waals surface area contributed by atoms with Gasteiger partial charge in [0.2, 0.25) is 0 Å². The maximum atomic E-state index is 13.8. The van der Waals surface area contributed by atoms with Crippen LogP contribution in [0, 0.1) is 5.92 Å². The second-order valence-electron chi connectivity index (χ2n) is 6.95. The summed E-state index contributed by atoms with van der Waals surface area (Å²) in [4.78, 5) is 31.3. The quantitative estimate of drug-likeness (QED) is 0.774. The van der Waals surface area contributed by atoms with Gasteiger partial charge in [-0.25, -0.2) is 18.2 Å². The third-order valence-electron chi connectivity index (χ3n) is 5.09. The van der Waals surface area contributed by atoms with Gasteiger partial charge in [0.25, 0.3) is 5.91 Å². The van der Waals surface area contributed by atoms with Crippen molar-refractivity contribution < 1.29 is 22.8 Å². The van der Waals surface area contributed by atoms with Crippen molar-refractivity contribution in [3.63, 3.8) is 0 Å². The van der Waals surface area contributed by atoms with Gasteiger partial charge < -0.3 is 10.2 Å². The average Bonchev–Trinajstić information content (AvgIpc) is 2.67. The van der Waals surface area contributed by atoms with Crippen LogP contribution in [0.25, 0.3) is 0 Å². The van der Waals surface area contributed by atoms with E-state index in [0.717, 1.165) is 32.5 Å². The number of piperidine rings is 1. The number of ketones is 1. The molecule has 1 aromatic heterocycles. The summed E-state index contributed by atoms with van der Waals surface area (Å²) in [5.41, 5.74) is -0.634. The molecule has 5 nitrogen and oxygen atoms in total. The van der Waals surface area contributed by atoms with Crippen LogP contribution in [0.5, 0.6) is 0 Å². The number of halogens is 3. The van der Waals surface area contributed by atoms with Crippen LogP contribution in [-0.4, -0.2) is 47.4 Å². The van der Waals surface area contributed by atoms with Crippen molar-refractivity contribution in [2.24, 2.45) is 5.92 Å². The maximum Gasteiger partial charge on any atom is 0.262 e. The number of hydrogen-bond donors (Lipinski definition) is 1. The molecular formula is C20H22F3N3O2.